The molecule has 0 aliphatic rings. The highest BCUT2D eigenvalue weighted by Crippen LogP contribution is 2.20. The van der Waals surface area contributed by atoms with Gasteiger partial charge in [-0.15, -0.1) is 0 Å². The number of nitrogens with one attached hydrogen (secondary N) is 1. The summed E-state index contributed by atoms with van der Waals surface area (Å²) in [6, 6.07) is -0.540. The molecule has 506 valence electrons. The van der Waals surface area contributed by atoms with Crippen LogP contribution in [-0.4, -0.2) is 47.4 Å². The van der Waals surface area contributed by atoms with Crippen molar-refractivity contribution in [1.82, 2.24) is 5.32 Å². The van der Waals surface area contributed by atoms with E-state index in [9.17, 15) is 19.8 Å². The summed E-state index contributed by atoms with van der Waals surface area (Å²) in [6.45, 7) is 5.01. The summed E-state index contributed by atoms with van der Waals surface area (Å²) in [4.78, 5) is 24.7. The first kappa shape index (κ1) is 83.6. The average molecular weight is 1200 g/mol. The van der Waals surface area contributed by atoms with E-state index >= 15 is 0 Å². The smallest absolute Gasteiger partial charge is 0.305 e. The number of aliphatic hydroxyl groups is 2. The van der Waals surface area contributed by atoms with Crippen LogP contribution in [0.5, 0.6) is 0 Å². The van der Waals surface area contributed by atoms with E-state index in [0.717, 1.165) is 44.9 Å². The number of hydrogen-bond acceptors (Lipinski definition) is 5. The lowest BCUT2D eigenvalue weighted by Gasteiger charge is -2.22. The van der Waals surface area contributed by atoms with E-state index in [1.807, 2.05) is 0 Å². The van der Waals surface area contributed by atoms with Gasteiger partial charge in [0, 0.05) is 12.8 Å². The summed E-state index contributed by atoms with van der Waals surface area (Å²) in [5.41, 5.74) is 0. The molecular weight excluding hydrogens is 1040 g/mol. The summed E-state index contributed by atoms with van der Waals surface area (Å²) in [5, 5.41) is 23.5. The van der Waals surface area contributed by atoms with Crippen molar-refractivity contribution in [3.63, 3.8) is 0 Å². The van der Waals surface area contributed by atoms with Gasteiger partial charge >= 0.3 is 5.97 Å². The Kier molecular flexibility index (Phi) is 73.8. The van der Waals surface area contributed by atoms with E-state index in [2.05, 4.69) is 31.3 Å². The lowest BCUT2D eigenvalue weighted by molar-refractivity contribution is -0.143. The number of esters is 1. The molecule has 85 heavy (non-hydrogen) atoms. The van der Waals surface area contributed by atoms with Crippen LogP contribution < -0.4 is 5.32 Å². The highest BCUT2D eigenvalue weighted by atomic mass is 16.5. The van der Waals surface area contributed by atoms with Crippen molar-refractivity contribution in [2.24, 2.45) is 0 Å². The van der Waals surface area contributed by atoms with Crippen LogP contribution in [0.3, 0.4) is 0 Å². The van der Waals surface area contributed by atoms with Gasteiger partial charge in [0.2, 0.25) is 5.91 Å². The molecule has 0 radical (unpaired) electrons. The molecule has 2 atom stereocenters. The Balaban J connectivity index is 3.34. The fourth-order valence-electron chi connectivity index (χ4n) is 12.8. The van der Waals surface area contributed by atoms with E-state index in [-0.39, 0.29) is 18.5 Å². The molecule has 6 nitrogen and oxygen atoms in total. The van der Waals surface area contributed by atoms with Crippen LogP contribution in [0.15, 0.2) is 12.2 Å². The first-order valence-electron chi connectivity index (χ1n) is 39.4. The van der Waals surface area contributed by atoms with Gasteiger partial charge in [-0.2, -0.15) is 0 Å². The number of carbonyl (C=O) groups is 2. The fraction of sp³-hybridized carbons (Fsp3) is 0.949. The standard InChI is InChI=1S/C79H155NO5/c1-3-5-7-9-11-13-15-17-19-21-23-24-30-33-36-39-43-47-51-55-59-63-67-71-77(82)76(75-81)80-78(83)72-68-64-60-56-52-48-44-40-37-34-31-28-26-25-27-29-32-35-38-42-46-50-54-58-62-66-70-74-85-79(84)73-69-65-61-57-53-49-45-41-22-20-18-16-14-12-10-8-6-4-2/h20,22,76-77,81-82H,3-19,21,23-75H2,1-2H3,(H,80,83)/b22-20-. The highest BCUT2D eigenvalue weighted by Gasteiger charge is 2.20. The summed E-state index contributed by atoms with van der Waals surface area (Å²) < 4.78 is 5.51. The zero-order chi connectivity index (χ0) is 61.3. The minimum atomic E-state index is -0.663. The molecule has 0 aliphatic carbocycles. The lowest BCUT2D eigenvalue weighted by atomic mass is 10.0. The van der Waals surface area contributed by atoms with Crippen molar-refractivity contribution in [1.29, 1.82) is 0 Å². The molecule has 0 rings (SSSR count). The van der Waals surface area contributed by atoms with Crippen molar-refractivity contribution < 1.29 is 24.5 Å². The average Bonchev–Trinajstić information content (AvgIpc) is 3.51. The van der Waals surface area contributed by atoms with Crippen molar-refractivity contribution in [2.75, 3.05) is 13.2 Å². The van der Waals surface area contributed by atoms with E-state index in [0.29, 0.717) is 25.9 Å². The first-order chi connectivity index (χ1) is 42.0. The Morgan fingerprint density at radius 2 is 0.553 bits per heavy atom. The second-order valence-electron chi connectivity index (χ2n) is 27.4. The van der Waals surface area contributed by atoms with E-state index in [1.54, 1.807) is 0 Å². The zero-order valence-electron chi connectivity index (χ0n) is 58.1. The number of carbonyl (C=O) groups excluding carboxylic acids is 2. The molecule has 0 aromatic heterocycles. The van der Waals surface area contributed by atoms with E-state index in [1.165, 1.54) is 379 Å². The molecular formula is C79H155NO5. The summed E-state index contributed by atoms with van der Waals surface area (Å²) in [5.74, 6) is -0.00962. The van der Waals surface area contributed by atoms with Crippen molar-refractivity contribution >= 4 is 11.9 Å². The molecule has 0 heterocycles. The normalized spacial score (nSPS) is 12.5. The van der Waals surface area contributed by atoms with Gasteiger partial charge in [-0.3, -0.25) is 9.59 Å². The summed E-state index contributed by atoms with van der Waals surface area (Å²) in [6.07, 6.45) is 94.4. The topological polar surface area (TPSA) is 95.9 Å². The molecule has 1 amide bonds. The molecule has 0 bridgehead atoms. The number of amides is 1. The van der Waals surface area contributed by atoms with Gasteiger partial charge in [0.1, 0.15) is 0 Å². The Labute approximate surface area is 533 Å². The van der Waals surface area contributed by atoms with Crippen LogP contribution in [0, 0.1) is 0 Å². The second kappa shape index (κ2) is 75.1. The Bertz CT molecular complexity index is 1290. The molecule has 2 unspecified atom stereocenters. The van der Waals surface area contributed by atoms with Crippen LogP contribution in [0.4, 0.5) is 0 Å². The number of rotatable bonds is 75. The molecule has 0 spiro atoms. The zero-order valence-corrected chi connectivity index (χ0v) is 58.1. The van der Waals surface area contributed by atoms with Gasteiger partial charge in [-0.25, -0.2) is 0 Å². The van der Waals surface area contributed by atoms with Crippen molar-refractivity contribution in [2.45, 2.75) is 469 Å². The van der Waals surface area contributed by atoms with Gasteiger partial charge < -0.3 is 20.3 Å². The van der Waals surface area contributed by atoms with E-state index in [4.69, 9.17) is 4.74 Å². The van der Waals surface area contributed by atoms with Gasteiger partial charge in [-0.05, 0) is 51.4 Å². The lowest BCUT2D eigenvalue weighted by Crippen LogP contribution is -2.45. The maximum atomic E-state index is 12.6. The second-order valence-corrected chi connectivity index (χ2v) is 27.4. The minimum absolute atomic E-state index is 0.0167. The molecule has 0 aromatic carbocycles. The summed E-state index contributed by atoms with van der Waals surface area (Å²) >= 11 is 0. The van der Waals surface area contributed by atoms with Gasteiger partial charge in [0.25, 0.3) is 0 Å². The predicted octanol–water partition coefficient (Wildman–Crippen LogP) is 25.9. The third kappa shape index (κ3) is 71.6. The molecule has 0 aliphatic heterocycles. The van der Waals surface area contributed by atoms with Crippen LogP contribution >= 0.6 is 0 Å². The van der Waals surface area contributed by atoms with Crippen molar-refractivity contribution in [3.8, 4) is 0 Å². The molecule has 6 heteroatoms. The molecule has 3 N–H and O–H groups in total. The van der Waals surface area contributed by atoms with Gasteiger partial charge in [-0.1, -0.05) is 405 Å². The number of unbranched alkanes of at least 4 members (excludes halogenated alkanes) is 62. The number of aliphatic hydroxyl groups excluding tert-OH is 2. The van der Waals surface area contributed by atoms with Crippen LogP contribution in [0.25, 0.3) is 0 Å². The van der Waals surface area contributed by atoms with Gasteiger partial charge in [0.15, 0.2) is 0 Å². The fourth-order valence-corrected chi connectivity index (χ4v) is 12.8. The van der Waals surface area contributed by atoms with Crippen LogP contribution in [-0.2, 0) is 14.3 Å². The number of ether oxygens (including phenoxy) is 1. The highest BCUT2D eigenvalue weighted by molar-refractivity contribution is 5.76. The Hall–Kier alpha value is -1.40. The molecule has 0 saturated carbocycles. The predicted molar refractivity (Wildman–Crippen MR) is 375 cm³/mol. The largest absolute Gasteiger partial charge is 0.466 e. The minimum Gasteiger partial charge on any atom is -0.466 e. The number of allylic oxidation sites excluding steroid dienone is 2. The monoisotopic (exact) mass is 1200 g/mol. The molecule has 0 fully saturated rings. The van der Waals surface area contributed by atoms with Crippen LogP contribution in [0.1, 0.15) is 457 Å². The van der Waals surface area contributed by atoms with Crippen molar-refractivity contribution in [3.05, 3.63) is 12.2 Å². The Morgan fingerprint density at radius 1 is 0.318 bits per heavy atom. The maximum Gasteiger partial charge on any atom is 0.305 e. The van der Waals surface area contributed by atoms with Gasteiger partial charge in [0.05, 0.1) is 25.4 Å². The molecule has 0 aromatic rings. The summed E-state index contributed by atoms with van der Waals surface area (Å²) in [7, 11) is 0. The third-order valence-corrected chi connectivity index (χ3v) is 18.8. The SMILES string of the molecule is CCCCCCCCC/C=C\CCCCCCCCCC(=O)OCCCCCCCCCCCCCCCCCCCCCCCCCCCCCC(=O)NC(CO)C(O)CCCCCCCCCCCCCCCCCCCCCCCCC. The van der Waals surface area contributed by atoms with Crippen LogP contribution in [0.2, 0.25) is 0 Å². The first-order valence-corrected chi connectivity index (χ1v) is 39.4. The van der Waals surface area contributed by atoms with E-state index < -0.39 is 12.1 Å². The Morgan fingerprint density at radius 3 is 0.835 bits per heavy atom. The number of hydrogen-bond donors (Lipinski definition) is 3. The molecule has 0 saturated heterocycles. The third-order valence-electron chi connectivity index (χ3n) is 18.8. The quantitative estimate of drug-likeness (QED) is 0.0320. The maximum absolute atomic E-state index is 12.6.